The fourth-order valence-corrected chi connectivity index (χ4v) is 4.27. The van der Waals surface area contributed by atoms with Crippen LogP contribution in [0.15, 0.2) is 124 Å². The van der Waals surface area contributed by atoms with Gasteiger partial charge < -0.3 is 4.90 Å². The fraction of sp³-hybridized carbons (Fsp3) is 0. The van der Waals surface area contributed by atoms with E-state index in [1.54, 1.807) is 11.8 Å². The van der Waals surface area contributed by atoms with Gasteiger partial charge in [0.15, 0.2) is 0 Å². The van der Waals surface area contributed by atoms with Crippen LogP contribution in [0.5, 0.6) is 0 Å². The van der Waals surface area contributed by atoms with E-state index >= 15 is 0 Å². The Kier molecular flexibility index (Phi) is 5.52. The molecular formula is C24H19NS2. The largest absolute Gasteiger partial charge is 0.310 e. The number of para-hydroxylation sites is 2. The quantitative estimate of drug-likeness (QED) is 0.352. The Bertz CT molecular complexity index is 963. The molecule has 0 aliphatic heterocycles. The number of nitrogens with zero attached hydrogens (tertiary/aromatic N) is 1. The first kappa shape index (κ1) is 17.8. The number of benzene rings is 4. The first-order valence-electron chi connectivity index (χ1n) is 8.77. The third-order valence-electron chi connectivity index (χ3n) is 4.14. The van der Waals surface area contributed by atoms with Crippen molar-refractivity contribution >= 4 is 41.5 Å². The number of thiol groups is 1. The number of hydrogen-bond acceptors (Lipinski definition) is 3. The van der Waals surface area contributed by atoms with Gasteiger partial charge in [0.1, 0.15) is 0 Å². The molecule has 0 N–H and O–H groups in total. The molecule has 0 aliphatic rings. The average Bonchev–Trinajstić information content (AvgIpc) is 2.70. The van der Waals surface area contributed by atoms with Crippen molar-refractivity contribution in [2.24, 2.45) is 0 Å². The lowest BCUT2D eigenvalue weighted by Gasteiger charge is -2.26. The fourth-order valence-electron chi connectivity index (χ4n) is 2.98. The van der Waals surface area contributed by atoms with Crippen molar-refractivity contribution < 1.29 is 0 Å². The van der Waals surface area contributed by atoms with Gasteiger partial charge in [-0.05, 0) is 54.6 Å². The summed E-state index contributed by atoms with van der Waals surface area (Å²) in [5.74, 6) is 0. The highest BCUT2D eigenvalue weighted by Crippen LogP contribution is 2.39. The van der Waals surface area contributed by atoms with Gasteiger partial charge in [0.25, 0.3) is 0 Å². The molecule has 4 aromatic carbocycles. The minimum absolute atomic E-state index is 0.947. The minimum atomic E-state index is 0.947. The third-order valence-corrected chi connectivity index (χ3v) is 5.38. The van der Waals surface area contributed by atoms with Crippen LogP contribution < -0.4 is 4.90 Å². The zero-order valence-electron chi connectivity index (χ0n) is 14.7. The van der Waals surface area contributed by atoms with Gasteiger partial charge in [-0.25, -0.2) is 0 Å². The summed E-state index contributed by atoms with van der Waals surface area (Å²) in [7, 11) is 0. The number of hydrogen-bond donors (Lipinski definition) is 1. The van der Waals surface area contributed by atoms with Crippen molar-refractivity contribution in [1.82, 2.24) is 0 Å². The van der Waals surface area contributed by atoms with Crippen LogP contribution >= 0.6 is 24.4 Å². The summed E-state index contributed by atoms with van der Waals surface area (Å²) >= 11 is 6.42. The molecule has 27 heavy (non-hydrogen) atoms. The second kappa shape index (κ2) is 8.38. The van der Waals surface area contributed by atoms with E-state index in [-0.39, 0.29) is 0 Å². The van der Waals surface area contributed by atoms with E-state index in [1.165, 1.54) is 9.79 Å². The topological polar surface area (TPSA) is 3.24 Å². The predicted octanol–water partition coefficient (Wildman–Crippen LogP) is 7.60. The summed E-state index contributed by atoms with van der Waals surface area (Å²) in [6.07, 6.45) is 0. The molecule has 0 radical (unpaired) electrons. The third kappa shape index (κ3) is 4.38. The SMILES string of the molecule is Sc1cc(Sc2ccccc2)cc(N(c2ccccc2)c2ccccc2)c1. The van der Waals surface area contributed by atoms with Gasteiger partial charge >= 0.3 is 0 Å². The van der Waals surface area contributed by atoms with E-state index in [2.05, 4.69) is 109 Å². The summed E-state index contributed by atoms with van der Waals surface area (Å²) in [6, 6.07) is 37.7. The molecule has 0 heterocycles. The Morgan fingerprint density at radius 1 is 0.519 bits per heavy atom. The van der Waals surface area contributed by atoms with Gasteiger partial charge in [0.2, 0.25) is 0 Å². The van der Waals surface area contributed by atoms with E-state index in [0.29, 0.717) is 0 Å². The minimum Gasteiger partial charge on any atom is -0.310 e. The zero-order valence-corrected chi connectivity index (χ0v) is 16.4. The van der Waals surface area contributed by atoms with Crippen LogP contribution in [0.25, 0.3) is 0 Å². The van der Waals surface area contributed by atoms with Gasteiger partial charge in [-0.3, -0.25) is 0 Å². The summed E-state index contributed by atoms with van der Waals surface area (Å²) in [5.41, 5.74) is 3.34. The Hall–Kier alpha value is -2.62. The Balaban J connectivity index is 1.78. The molecule has 0 fully saturated rings. The van der Waals surface area contributed by atoms with Crippen LogP contribution in [-0.2, 0) is 0 Å². The Labute approximate surface area is 170 Å². The highest BCUT2D eigenvalue weighted by atomic mass is 32.2. The summed E-state index contributed by atoms with van der Waals surface area (Å²) in [6.45, 7) is 0. The molecule has 0 saturated carbocycles. The maximum absolute atomic E-state index is 4.67. The molecule has 0 aromatic heterocycles. The van der Waals surface area contributed by atoms with Gasteiger partial charge in [-0.2, -0.15) is 0 Å². The van der Waals surface area contributed by atoms with Crippen molar-refractivity contribution in [3.05, 3.63) is 109 Å². The summed E-state index contributed by atoms with van der Waals surface area (Å²) < 4.78 is 0. The van der Waals surface area contributed by atoms with Gasteiger partial charge in [-0.1, -0.05) is 66.4 Å². The van der Waals surface area contributed by atoms with Crippen molar-refractivity contribution in [3.63, 3.8) is 0 Å². The van der Waals surface area contributed by atoms with E-state index in [1.807, 2.05) is 18.2 Å². The van der Waals surface area contributed by atoms with E-state index in [9.17, 15) is 0 Å². The number of rotatable bonds is 5. The molecule has 0 unspecified atom stereocenters. The maximum atomic E-state index is 4.67. The van der Waals surface area contributed by atoms with Crippen LogP contribution in [0.4, 0.5) is 17.1 Å². The molecule has 0 bridgehead atoms. The molecule has 0 amide bonds. The lowest BCUT2D eigenvalue weighted by atomic mass is 10.2. The van der Waals surface area contributed by atoms with Crippen molar-refractivity contribution in [2.75, 3.05) is 4.90 Å². The van der Waals surface area contributed by atoms with Crippen molar-refractivity contribution in [2.45, 2.75) is 14.7 Å². The summed E-state index contributed by atoms with van der Waals surface area (Å²) in [4.78, 5) is 5.59. The molecule has 4 rings (SSSR count). The van der Waals surface area contributed by atoms with Crippen molar-refractivity contribution in [1.29, 1.82) is 0 Å². The van der Waals surface area contributed by atoms with E-state index < -0.39 is 0 Å². The molecule has 1 nitrogen and oxygen atoms in total. The smallest absolute Gasteiger partial charge is 0.0483 e. The molecule has 0 atom stereocenters. The molecule has 0 aliphatic carbocycles. The van der Waals surface area contributed by atoms with Crippen LogP contribution in [-0.4, -0.2) is 0 Å². The van der Waals surface area contributed by atoms with Crippen LogP contribution in [0.2, 0.25) is 0 Å². The van der Waals surface area contributed by atoms with Crippen LogP contribution in [0.1, 0.15) is 0 Å². The Morgan fingerprint density at radius 3 is 1.59 bits per heavy atom. The monoisotopic (exact) mass is 385 g/mol. The molecule has 0 spiro atoms. The zero-order chi connectivity index (χ0) is 18.5. The molecule has 4 aromatic rings. The van der Waals surface area contributed by atoms with E-state index in [4.69, 9.17) is 0 Å². The second-order valence-electron chi connectivity index (χ2n) is 6.11. The van der Waals surface area contributed by atoms with Crippen LogP contribution in [0.3, 0.4) is 0 Å². The van der Waals surface area contributed by atoms with Crippen molar-refractivity contribution in [3.8, 4) is 0 Å². The lowest BCUT2D eigenvalue weighted by molar-refractivity contribution is 1.23. The highest BCUT2D eigenvalue weighted by Gasteiger charge is 2.13. The second-order valence-corrected chi connectivity index (χ2v) is 7.77. The first-order valence-corrected chi connectivity index (χ1v) is 10.0. The average molecular weight is 386 g/mol. The number of anilines is 3. The molecule has 0 saturated heterocycles. The van der Waals surface area contributed by atoms with E-state index in [0.717, 1.165) is 22.0 Å². The Morgan fingerprint density at radius 2 is 1.04 bits per heavy atom. The van der Waals surface area contributed by atoms with Crippen LogP contribution in [0, 0.1) is 0 Å². The van der Waals surface area contributed by atoms with Gasteiger partial charge in [-0.15, -0.1) is 12.6 Å². The maximum Gasteiger partial charge on any atom is 0.0483 e. The molecule has 132 valence electrons. The normalized spacial score (nSPS) is 10.6. The lowest BCUT2D eigenvalue weighted by Crippen LogP contribution is -2.09. The molecular weight excluding hydrogens is 366 g/mol. The first-order chi connectivity index (χ1) is 13.3. The van der Waals surface area contributed by atoms with Gasteiger partial charge in [0, 0.05) is 31.7 Å². The standard InChI is InChI=1S/C24H19NS2/c26-22-16-21(17-24(18-22)27-23-14-8-3-9-15-23)25(19-10-4-1-5-11-19)20-12-6-2-7-13-20/h1-18,26H. The molecule has 3 heteroatoms. The highest BCUT2D eigenvalue weighted by molar-refractivity contribution is 7.99. The predicted molar refractivity (Wildman–Crippen MR) is 119 cm³/mol. The van der Waals surface area contributed by atoms with Gasteiger partial charge in [0.05, 0.1) is 0 Å². The summed E-state index contributed by atoms with van der Waals surface area (Å²) in [5, 5.41) is 0.